The van der Waals surface area contributed by atoms with Crippen LogP contribution in [0.4, 0.5) is 0 Å². The van der Waals surface area contributed by atoms with Crippen LogP contribution in [0.2, 0.25) is 0 Å². The van der Waals surface area contributed by atoms with Crippen molar-refractivity contribution in [2.24, 2.45) is 0 Å². The fraction of sp³-hybridized carbons (Fsp3) is 0.304. The van der Waals surface area contributed by atoms with Crippen LogP contribution in [0.15, 0.2) is 48.5 Å². The van der Waals surface area contributed by atoms with E-state index in [1.807, 2.05) is 35.9 Å². The summed E-state index contributed by atoms with van der Waals surface area (Å²) in [4.78, 5) is 12.9. The van der Waals surface area contributed by atoms with Gasteiger partial charge in [-0.05, 0) is 55.5 Å². The zero-order chi connectivity index (χ0) is 20.4. The number of rotatable bonds is 6. The molecule has 2 aromatic carbocycles. The molecule has 1 heterocycles. The highest BCUT2D eigenvalue weighted by molar-refractivity contribution is 5.94. The second kappa shape index (κ2) is 8.09. The highest BCUT2D eigenvalue weighted by atomic mass is 16.5. The maximum absolute atomic E-state index is 12.9. The molecule has 1 aliphatic carbocycles. The highest BCUT2D eigenvalue weighted by Gasteiger charge is 2.27. The third-order valence-corrected chi connectivity index (χ3v) is 5.45. The molecule has 0 saturated carbocycles. The summed E-state index contributed by atoms with van der Waals surface area (Å²) in [6, 6.07) is 15.2. The van der Waals surface area contributed by atoms with Gasteiger partial charge in [0.25, 0.3) is 5.91 Å². The van der Waals surface area contributed by atoms with Gasteiger partial charge in [0.05, 0.1) is 18.9 Å². The Hall–Kier alpha value is -3.12. The van der Waals surface area contributed by atoms with E-state index in [-0.39, 0.29) is 12.5 Å². The summed E-state index contributed by atoms with van der Waals surface area (Å²) in [6.07, 6.45) is 1.99. The number of nitrogens with zero attached hydrogens (tertiary/aromatic N) is 2. The van der Waals surface area contributed by atoms with Gasteiger partial charge in [0.1, 0.15) is 5.75 Å². The number of carbonyl (C=O) groups is 1. The smallest absolute Gasteiger partial charge is 0.272 e. The molecule has 1 aliphatic rings. The summed E-state index contributed by atoms with van der Waals surface area (Å²) in [5.41, 5.74) is 5.43. The van der Waals surface area contributed by atoms with Gasteiger partial charge in [0, 0.05) is 17.8 Å². The fourth-order valence-electron chi connectivity index (χ4n) is 3.84. The molecule has 0 fully saturated rings. The Kier molecular flexibility index (Phi) is 5.36. The lowest BCUT2D eigenvalue weighted by atomic mass is 10.1. The lowest BCUT2D eigenvalue weighted by molar-refractivity contribution is 0.0910. The first-order chi connectivity index (χ1) is 14.1. The van der Waals surface area contributed by atoms with Crippen molar-refractivity contribution >= 4 is 5.91 Å². The summed E-state index contributed by atoms with van der Waals surface area (Å²) in [7, 11) is 1.60. The van der Waals surface area contributed by atoms with Crippen LogP contribution in [-0.4, -0.2) is 34.4 Å². The first kappa shape index (κ1) is 19.2. The number of aryl methyl sites for hydroxylation is 1. The summed E-state index contributed by atoms with van der Waals surface area (Å²) in [5.74, 6) is 0.477. The first-order valence-electron chi connectivity index (χ1n) is 9.85. The predicted molar refractivity (Wildman–Crippen MR) is 111 cm³/mol. The minimum absolute atomic E-state index is 0.122. The van der Waals surface area contributed by atoms with E-state index in [0.29, 0.717) is 5.69 Å². The summed E-state index contributed by atoms with van der Waals surface area (Å²) < 4.78 is 7.04. The van der Waals surface area contributed by atoms with Crippen LogP contribution in [0.25, 0.3) is 5.69 Å². The zero-order valence-corrected chi connectivity index (χ0v) is 16.7. The topological polar surface area (TPSA) is 76.4 Å². The van der Waals surface area contributed by atoms with Gasteiger partial charge >= 0.3 is 0 Å². The number of aliphatic hydroxyl groups is 1. The number of hydrogen-bond acceptors (Lipinski definition) is 4. The molecule has 150 valence electrons. The monoisotopic (exact) mass is 391 g/mol. The van der Waals surface area contributed by atoms with Crippen molar-refractivity contribution in [1.82, 2.24) is 15.1 Å². The van der Waals surface area contributed by atoms with Gasteiger partial charge < -0.3 is 15.2 Å². The molecule has 0 radical (unpaired) electrons. The van der Waals surface area contributed by atoms with E-state index in [1.165, 1.54) is 0 Å². The van der Waals surface area contributed by atoms with Crippen LogP contribution in [-0.2, 0) is 12.8 Å². The lowest BCUT2D eigenvalue weighted by Gasteiger charge is -2.12. The van der Waals surface area contributed by atoms with Crippen molar-refractivity contribution in [3.63, 3.8) is 0 Å². The van der Waals surface area contributed by atoms with Gasteiger partial charge in [-0.3, -0.25) is 4.79 Å². The number of methoxy groups -OCH3 is 1. The molecular weight excluding hydrogens is 366 g/mol. The van der Waals surface area contributed by atoms with Crippen LogP contribution in [0, 0.1) is 6.92 Å². The van der Waals surface area contributed by atoms with E-state index >= 15 is 0 Å². The van der Waals surface area contributed by atoms with Gasteiger partial charge in [-0.2, -0.15) is 5.10 Å². The molecule has 6 heteroatoms. The van der Waals surface area contributed by atoms with E-state index in [9.17, 15) is 9.90 Å². The summed E-state index contributed by atoms with van der Waals surface area (Å²) in [5, 5.41) is 17.9. The molecule has 1 amide bonds. The molecule has 29 heavy (non-hydrogen) atoms. The molecule has 0 spiro atoms. The molecular formula is C23H25N3O3. The van der Waals surface area contributed by atoms with Crippen molar-refractivity contribution in [1.29, 1.82) is 0 Å². The standard InChI is InChI=1S/C23H25N3O3/c1-15-6-3-4-8-19(15)26-20-9-5-7-18(20)22(25-26)23(28)24-14-21(27)16-10-12-17(29-2)13-11-16/h3-4,6,8,10-13,21,27H,5,7,9,14H2,1-2H3,(H,24,28). The van der Waals surface area contributed by atoms with Gasteiger partial charge in [0.2, 0.25) is 0 Å². The van der Waals surface area contributed by atoms with Gasteiger partial charge in [-0.1, -0.05) is 30.3 Å². The molecule has 0 bridgehead atoms. The number of aliphatic hydroxyl groups excluding tert-OH is 1. The minimum atomic E-state index is -0.795. The number of hydrogen-bond donors (Lipinski definition) is 2. The number of nitrogens with one attached hydrogen (secondary N) is 1. The lowest BCUT2D eigenvalue weighted by Crippen LogP contribution is -2.29. The van der Waals surface area contributed by atoms with E-state index in [1.54, 1.807) is 31.4 Å². The molecule has 1 atom stereocenters. The van der Waals surface area contributed by atoms with Crippen molar-refractivity contribution < 1.29 is 14.6 Å². The van der Waals surface area contributed by atoms with Gasteiger partial charge in [-0.15, -0.1) is 0 Å². The normalized spacial score (nSPS) is 13.8. The maximum atomic E-state index is 12.9. The zero-order valence-electron chi connectivity index (χ0n) is 16.7. The third kappa shape index (κ3) is 3.76. The molecule has 1 unspecified atom stereocenters. The number of para-hydroxylation sites is 1. The quantitative estimate of drug-likeness (QED) is 0.677. The Labute approximate surface area is 170 Å². The van der Waals surface area contributed by atoms with E-state index < -0.39 is 6.10 Å². The molecule has 4 rings (SSSR count). The number of carbonyl (C=O) groups excluding carboxylic acids is 1. The number of aromatic nitrogens is 2. The van der Waals surface area contributed by atoms with Crippen molar-refractivity contribution in [3.05, 3.63) is 76.6 Å². The second-order valence-corrected chi connectivity index (χ2v) is 7.32. The van der Waals surface area contributed by atoms with Crippen LogP contribution in [0.3, 0.4) is 0 Å². The Morgan fingerprint density at radius 3 is 2.69 bits per heavy atom. The second-order valence-electron chi connectivity index (χ2n) is 7.32. The van der Waals surface area contributed by atoms with Gasteiger partial charge in [-0.25, -0.2) is 4.68 Å². The molecule has 0 aliphatic heterocycles. The van der Waals surface area contributed by atoms with Crippen molar-refractivity contribution in [2.75, 3.05) is 13.7 Å². The SMILES string of the molecule is COc1ccc(C(O)CNC(=O)c2nn(-c3ccccc3C)c3c2CCC3)cc1. The Balaban J connectivity index is 1.52. The highest BCUT2D eigenvalue weighted by Crippen LogP contribution is 2.29. The number of benzene rings is 2. The average Bonchev–Trinajstić information content (AvgIpc) is 3.35. The van der Waals surface area contributed by atoms with Gasteiger partial charge in [0.15, 0.2) is 5.69 Å². The van der Waals surface area contributed by atoms with Crippen LogP contribution in [0.1, 0.15) is 45.4 Å². The number of fused-ring (bicyclic) bond motifs is 1. The maximum Gasteiger partial charge on any atom is 0.272 e. The molecule has 2 N–H and O–H groups in total. The fourth-order valence-corrected chi connectivity index (χ4v) is 3.84. The van der Waals surface area contributed by atoms with Crippen molar-refractivity contribution in [2.45, 2.75) is 32.3 Å². The van der Waals surface area contributed by atoms with E-state index in [0.717, 1.165) is 53.1 Å². The summed E-state index contributed by atoms with van der Waals surface area (Å²) in [6.45, 7) is 2.17. The minimum Gasteiger partial charge on any atom is -0.497 e. The number of ether oxygens (including phenoxy) is 1. The molecule has 3 aromatic rings. The Morgan fingerprint density at radius 2 is 1.97 bits per heavy atom. The average molecular weight is 391 g/mol. The van der Waals surface area contributed by atoms with E-state index in [2.05, 4.69) is 10.4 Å². The number of amides is 1. The third-order valence-electron chi connectivity index (χ3n) is 5.45. The largest absolute Gasteiger partial charge is 0.497 e. The molecule has 6 nitrogen and oxygen atoms in total. The van der Waals surface area contributed by atoms with E-state index in [4.69, 9.17) is 4.74 Å². The molecule has 1 aromatic heterocycles. The summed E-state index contributed by atoms with van der Waals surface area (Å²) >= 11 is 0. The predicted octanol–water partition coefficient (Wildman–Crippen LogP) is 3.14. The van der Waals surface area contributed by atoms with Crippen LogP contribution < -0.4 is 10.1 Å². The Bertz CT molecular complexity index is 1020. The van der Waals surface area contributed by atoms with Crippen LogP contribution in [0.5, 0.6) is 5.75 Å². The Morgan fingerprint density at radius 1 is 1.21 bits per heavy atom. The van der Waals surface area contributed by atoms with Crippen molar-refractivity contribution in [3.8, 4) is 11.4 Å². The first-order valence-corrected chi connectivity index (χ1v) is 9.85. The van der Waals surface area contributed by atoms with Crippen LogP contribution >= 0.6 is 0 Å². The molecule has 0 saturated heterocycles.